The van der Waals surface area contributed by atoms with Crippen molar-refractivity contribution < 1.29 is 4.74 Å². The first-order valence-corrected chi connectivity index (χ1v) is 5.49. The van der Waals surface area contributed by atoms with Gasteiger partial charge < -0.3 is 10.5 Å². The number of anilines is 1. The van der Waals surface area contributed by atoms with Crippen LogP contribution in [0.4, 0.5) is 5.82 Å². The van der Waals surface area contributed by atoms with Crippen LogP contribution < -0.4 is 10.5 Å². The normalized spacial score (nSPS) is 26.2. The molecule has 2 atom stereocenters. The monoisotopic (exact) mass is 207 g/mol. The van der Waals surface area contributed by atoms with Crippen LogP contribution in [-0.2, 0) is 0 Å². The molecule has 2 N–H and O–H groups in total. The largest absolute Gasteiger partial charge is 0.472 e. The lowest BCUT2D eigenvalue weighted by atomic mass is 9.89. The minimum absolute atomic E-state index is 0.257. The van der Waals surface area contributed by atoms with Crippen LogP contribution in [0.1, 0.15) is 32.6 Å². The van der Waals surface area contributed by atoms with Gasteiger partial charge >= 0.3 is 0 Å². The Hall–Kier alpha value is -1.32. The summed E-state index contributed by atoms with van der Waals surface area (Å²) in [6, 6.07) is 0. The smallest absolute Gasteiger partial charge is 0.257 e. The van der Waals surface area contributed by atoms with Crippen LogP contribution in [0, 0.1) is 5.92 Å². The van der Waals surface area contributed by atoms with Crippen molar-refractivity contribution >= 4 is 5.82 Å². The maximum atomic E-state index is 5.76. The number of hydrogen-bond donors (Lipinski definition) is 1. The molecule has 0 radical (unpaired) electrons. The third-order valence-electron chi connectivity index (χ3n) is 2.86. The standard InChI is InChI=1S/C11H17N3O/c1-8-3-2-4-9(7-8)15-11-10(12)13-5-6-14-11/h5-6,8-9H,2-4,7H2,1H3,(H2,12,13). The SMILES string of the molecule is CC1CCCC(Oc2nccnc2N)C1. The van der Waals surface area contributed by atoms with E-state index in [1.54, 1.807) is 12.4 Å². The van der Waals surface area contributed by atoms with Gasteiger partial charge in [0.25, 0.3) is 5.88 Å². The Bertz CT molecular complexity index is 329. The summed E-state index contributed by atoms with van der Waals surface area (Å²) in [4.78, 5) is 8.04. The molecule has 1 fully saturated rings. The highest BCUT2D eigenvalue weighted by Gasteiger charge is 2.21. The van der Waals surface area contributed by atoms with E-state index in [0.717, 1.165) is 18.8 Å². The molecule has 1 heterocycles. The van der Waals surface area contributed by atoms with E-state index in [4.69, 9.17) is 10.5 Å². The van der Waals surface area contributed by atoms with E-state index in [0.29, 0.717) is 11.7 Å². The highest BCUT2D eigenvalue weighted by Crippen LogP contribution is 2.27. The van der Waals surface area contributed by atoms with Crippen molar-refractivity contribution in [3.05, 3.63) is 12.4 Å². The van der Waals surface area contributed by atoms with Gasteiger partial charge in [0, 0.05) is 12.4 Å². The van der Waals surface area contributed by atoms with Crippen LogP contribution in [0.25, 0.3) is 0 Å². The molecule has 0 aromatic carbocycles. The van der Waals surface area contributed by atoms with Gasteiger partial charge in [-0.25, -0.2) is 9.97 Å². The molecule has 1 saturated carbocycles. The molecule has 0 saturated heterocycles. The summed E-state index contributed by atoms with van der Waals surface area (Å²) in [6.07, 6.45) is 8.16. The second kappa shape index (κ2) is 4.47. The van der Waals surface area contributed by atoms with Gasteiger partial charge in [0.15, 0.2) is 5.82 Å². The summed E-state index contributed by atoms with van der Waals surface area (Å²) < 4.78 is 5.76. The zero-order chi connectivity index (χ0) is 10.7. The maximum absolute atomic E-state index is 5.76. The van der Waals surface area contributed by atoms with Gasteiger partial charge in [0.05, 0.1) is 0 Å². The molecule has 1 aliphatic carbocycles. The van der Waals surface area contributed by atoms with Crippen molar-refractivity contribution in [2.24, 2.45) is 5.92 Å². The minimum Gasteiger partial charge on any atom is -0.472 e. The van der Waals surface area contributed by atoms with Crippen molar-refractivity contribution in [1.29, 1.82) is 0 Å². The van der Waals surface area contributed by atoms with Gasteiger partial charge in [-0.3, -0.25) is 0 Å². The average molecular weight is 207 g/mol. The predicted molar refractivity (Wildman–Crippen MR) is 58.5 cm³/mol. The van der Waals surface area contributed by atoms with E-state index >= 15 is 0 Å². The summed E-state index contributed by atoms with van der Waals surface area (Å²) >= 11 is 0. The molecule has 4 heteroatoms. The second-order valence-electron chi connectivity index (χ2n) is 4.26. The zero-order valence-corrected chi connectivity index (χ0v) is 9.02. The fraction of sp³-hybridized carbons (Fsp3) is 0.636. The number of nitrogens with zero attached hydrogens (tertiary/aromatic N) is 2. The maximum Gasteiger partial charge on any atom is 0.257 e. The lowest BCUT2D eigenvalue weighted by Gasteiger charge is -2.26. The number of hydrogen-bond acceptors (Lipinski definition) is 4. The van der Waals surface area contributed by atoms with Gasteiger partial charge in [-0.05, 0) is 25.2 Å². The summed E-state index contributed by atoms with van der Waals surface area (Å²) in [5.41, 5.74) is 5.67. The lowest BCUT2D eigenvalue weighted by molar-refractivity contribution is 0.124. The van der Waals surface area contributed by atoms with Crippen molar-refractivity contribution in [3.63, 3.8) is 0 Å². The topological polar surface area (TPSA) is 61.0 Å². The number of nitrogens with two attached hydrogens (primary N) is 1. The zero-order valence-electron chi connectivity index (χ0n) is 9.02. The summed E-state index contributed by atoms with van der Waals surface area (Å²) in [6.45, 7) is 2.26. The van der Waals surface area contributed by atoms with E-state index in [-0.39, 0.29) is 6.10 Å². The predicted octanol–water partition coefficient (Wildman–Crippen LogP) is 2.02. The average Bonchev–Trinajstić information content (AvgIpc) is 2.22. The highest BCUT2D eigenvalue weighted by molar-refractivity contribution is 5.38. The first kappa shape index (κ1) is 10.2. The Labute approximate surface area is 89.9 Å². The lowest BCUT2D eigenvalue weighted by Crippen LogP contribution is -2.24. The molecule has 0 bridgehead atoms. The van der Waals surface area contributed by atoms with Gasteiger partial charge in [-0.15, -0.1) is 0 Å². The molecule has 2 rings (SSSR count). The Morgan fingerprint density at radius 1 is 1.33 bits per heavy atom. The molecule has 0 aliphatic heterocycles. The molecular weight excluding hydrogens is 190 g/mol. The Morgan fingerprint density at radius 3 is 2.87 bits per heavy atom. The number of nitrogen functional groups attached to an aromatic ring is 1. The van der Waals surface area contributed by atoms with Crippen molar-refractivity contribution in [1.82, 2.24) is 9.97 Å². The quantitative estimate of drug-likeness (QED) is 0.805. The first-order chi connectivity index (χ1) is 7.25. The van der Waals surface area contributed by atoms with Gasteiger partial charge in [-0.2, -0.15) is 0 Å². The van der Waals surface area contributed by atoms with Crippen molar-refractivity contribution in [3.8, 4) is 5.88 Å². The van der Waals surface area contributed by atoms with Gasteiger partial charge in [0.1, 0.15) is 6.10 Å². The van der Waals surface area contributed by atoms with Crippen molar-refractivity contribution in [2.75, 3.05) is 5.73 Å². The molecule has 82 valence electrons. The van der Waals surface area contributed by atoms with Crippen LogP contribution in [0.2, 0.25) is 0 Å². The molecule has 0 spiro atoms. The fourth-order valence-corrected chi connectivity index (χ4v) is 2.07. The van der Waals surface area contributed by atoms with Crippen LogP contribution >= 0.6 is 0 Å². The molecule has 2 unspecified atom stereocenters. The van der Waals surface area contributed by atoms with E-state index in [1.165, 1.54) is 12.8 Å². The fourth-order valence-electron chi connectivity index (χ4n) is 2.07. The number of ether oxygens (including phenoxy) is 1. The molecule has 1 aromatic heterocycles. The third-order valence-corrected chi connectivity index (χ3v) is 2.86. The molecule has 1 aliphatic rings. The summed E-state index contributed by atoms with van der Waals surface area (Å²) in [5.74, 6) is 1.61. The van der Waals surface area contributed by atoms with Crippen molar-refractivity contribution in [2.45, 2.75) is 38.7 Å². The summed E-state index contributed by atoms with van der Waals surface area (Å²) in [7, 11) is 0. The van der Waals surface area contributed by atoms with Crippen LogP contribution in [0.5, 0.6) is 5.88 Å². The molecule has 0 amide bonds. The second-order valence-corrected chi connectivity index (χ2v) is 4.26. The molecule has 15 heavy (non-hydrogen) atoms. The Morgan fingerprint density at radius 2 is 2.13 bits per heavy atom. The third kappa shape index (κ3) is 2.58. The molecule has 1 aromatic rings. The Kier molecular flexibility index (Phi) is 3.04. The molecular formula is C11H17N3O. The van der Waals surface area contributed by atoms with Gasteiger partial charge in [0.2, 0.25) is 0 Å². The van der Waals surface area contributed by atoms with E-state index in [1.807, 2.05) is 0 Å². The van der Waals surface area contributed by atoms with Crippen LogP contribution in [-0.4, -0.2) is 16.1 Å². The number of aromatic nitrogens is 2. The molecule has 4 nitrogen and oxygen atoms in total. The number of rotatable bonds is 2. The van der Waals surface area contributed by atoms with E-state index in [2.05, 4.69) is 16.9 Å². The van der Waals surface area contributed by atoms with E-state index < -0.39 is 0 Å². The minimum atomic E-state index is 0.257. The van der Waals surface area contributed by atoms with Gasteiger partial charge in [-0.1, -0.05) is 13.3 Å². The highest BCUT2D eigenvalue weighted by atomic mass is 16.5. The Balaban J connectivity index is 1.99. The van der Waals surface area contributed by atoms with Crippen LogP contribution in [0.3, 0.4) is 0 Å². The van der Waals surface area contributed by atoms with Crippen LogP contribution in [0.15, 0.2) is 12.4 Å². The first-order valence-electron chi connectivity index (χ1n) is 5.49. The summed E-state index contributed by atoms with van der Waals surface area (Å²) in [5, 5.41) is 0. The van der Waals surface area contributed by atoms with E-state index in [9.17, 15) is 0 Å².